The second-order valence-electron chi connectivity index (χ2n) is 7.66. The van der Waals surface area contributed by atoms with Gasteiger partial charge in [-0.15, -0.1) is 0 Å². The van der Waals surface area contributed by atoms with Crippen LogP contribution < -0.4 is 9.96 Å². The number of benzene rings is 2. The number of halogens is 1. The smallest absolute Gasteiger partial charge is 0.277 e. The largest absolute Gasteiger partial charge is 0.437 e. The highest BCUT2D eigenvalue weighted by Crippen LogP contribution is 2.34. The fraction of sp³-hybridized carbons (Fsp3) is 0.167. The highest BCUT2D eigenvalue weighted by molar-refractivity contribution is 6.30. The van der Waals surface area contributed by atoms with Gasteiger partial charge in [0.1, 0.15) is 11.3 Å². The average molecular weight is 450 g/mol. The van der Waals surface area contributed by atoms with E-state index in [4.69, 9.17) is 16.0 Å². The van der Waals surface area contributed by atoms with E-state index in [2.05, 4.69) is 4.90 Å². The van der Waals surface area contributed by atoms with E-state index in [0.717, 1.165) is 11.3 Å². The van der Waals surface area contributed by atoms with E-state index in [9.17, 15) is 14.8 Å². The van der Waals surface area contributed by atoms with Crippen LogP contribution in [0.15, 0.2) is 65.1 Å². The van der Waals surface area contributed by atoms with Crippen LogP contribution in [0.1, 0.15) is 15.9 Å². The van der Waals surface area contributed by atoms with Gasteiger partial charge in [0.2, 0.25) is 5.88 Å². The Morgan fingerprint density at radius 3 is 2.31 bits per heavy atom. The molecule has 0 saturated carbocycles. The van der Waals surface area contributed by atoms with Gasteiger partial charge in [0, 0.05) is 48.5 Å². The van der Waals surface area contributed by atoms with Gasteiger partial charge in [-0.25, -0.2) is 0 Å². The van der Waals surface area contributed by atoms with Gasteiger partial charge >= 0.3 is 0 Å². The minimum atomic E-state index is -0.720. The second kappa shape index (κ2) is 8.18. The summed E-state index contributed by atoms with van der Waals surface area (Å²) in [7, 11) is 0. The Hall–Kier alpha value is -3.55. The van der Waals surface area contributed by atoms with Crippen LogP contribution in [-0.4, -0.2) is 48.1 Å². The molecule has 1 aromatic heterocycles. The van der Waals surface area contributed by atoms with Gasteiger partial charge in [-0.2, -0.15) is 5.06 Å². The van der Waals surface area contributed by atoms with Crippen molar-refractivity contribution in [3.05, 3.63) is 76.8 Å². The Kier molecular flexibility index (Phi) is 5.20. The number of para-hydroxylation sites is 1. The summed E-state index contributed by atoms with van der Waals surface area (Å²) in [4.78, 5) is 30.0. The Bertz CT molecular complexity index is 1210. The van der Waals surface area contributed by atoms with Gasteiger partial charge in [-0.1, -0.05) is 29.8 Å². The number of hydrogen-bond donors (Lipinski definition) is 1. The van der Waals surface area contributed by atoms with Crippen molar-refractivity contribution in [2.45, 2.75) is 0 Å². The molecule has 4 heterocycles. The van der Waals surface area contributed by atoms with Crippen LogP contribution in [0.25, 0.3) is 17.4 Å². The highest BCUT2D eigenvalue weighted by atomic mass is 35.5. The maximum absolute atomic E-state index is 13.4. The number of hydrogen-bond acceptors (Lipinski definition) is 5. The Morgan fingerprint density at radius 2 is 1.56 bits per heavy atom. The Balaban J connectivity index is 1.61. The van der Waals surface area contributed by atoms with Crippen molar-refractivity contribution >= 4 is 41.1 Å². The fourth-order valence-electron chi connectivity index (χ4n) is 4.02. The summed E-state index contributed by atoms with van der Waals surface area (Å²) in [6, 6.07) is 16.2. The molecule has 0 unspecified atom stereocenters. The molecule has 2 aromatic carbocycles. The molecule has 3 aliphatic heterocycles. The molecule has 2 amide bonds. The molecule has 162 valence electrons. The number of furan rings is 1. The van der Waals surface area contributed by atoms with Gasteiger partial charge in [0.25, 0.3) is 11.8 Å². The number of amides is 2. The normalized spacial score (nSPS) is 17.4. The van der Waals surface area contributed by atoms with Crippen LogP contribution in [-0.2, 0) is 4.79 Å². The topological polar surface area (TPSA) is 77.2 Å². The summed E-state index contributed by atoms with van der Waals surface area (Å²) in [6.45, 7) is 2.34. The van der Waals surface area contributed by atoms with Gasteiger partial charge in [0.15, 0.2) is 0 Å². The summed E-state index contributed by atoms with van der Waals surface area (Å²) in [5.41, 5.74) is 2.64. The lowest BCUT2D eigenvalue weighted by atomic mass is 10.1. The van der Waals surface area contributed by atoms with Crippen LogP contribution >= 0.6 is 11.6 Å². The van der Waals surface area contributed by atoms with E-state index in [1.807, 2.05) is 24.3 Å². The standard InChI is InChI=1S/C24H20ClN3O4/c25-18-8-5-17(6-9-18)21-15-19-23(30)27-13-11-26(12-14-27)20-4-2-1-3-16(20)7-10-22(29)28(31)24(19)32-21/h1-10,15,31H,11-14H2/b10-7+. The minimum Gasteiger partial charge on any atom is -0.437 e. The predicted molar refractivity (Wildman–Crippen MR) is 122 cm³/mol. The molecule has 0 spiro atoms. The van der Waals surface area contributed by atoms with E-state index >= 15 is 0 Å². The van der Waals surface area contributed by atoms with Crippen molar-refractivity contribution < 1.29 is 19.2 Å². The lowest BCUT2D eigenvalue weighted by molar-refractivity contribution is -0.119. The first kappa shape index (κ1) is 20.4. The van der Waals surface area contributed by atoms with Crippen LogP contribution in [0.2, 0.25) is 5.02 Å². The first-order chi connectivity index (χ1) is 15.5. The fourth-order valence-corrected chi connectivity index (χ4v) is 4.14. The molecular weight excluding hydrogens is 430 g/mol. The number of piperazine rings is 1. The van der Waals surface area contributed by atoms with E-state index in [-0.39, 0.29) is 17.4 Å². The first-order valence-electron chi connectivity index (χ1n) is 10.3. The van der Waals surface area contributed by atoms with Crippen LogP contribution in [0, 0.1) is 0 Å². The third kappa shape index (κ3) is 3.66. The molecule has 0 atom stereocenters. The predicted octanol–water partition coefficient (Wildman–Crippen LogP) is 4.31. The number of hydroxylamine groups is 1. The van der Waals surface area contributed by atoms with Crippen molar-refractivity contribution in [2.24, 2.45) is 0 Å². The van der Waals surface area contributed by atoms with Crippen molar-refractivity contribution in [1.82, 2.24) is 4.90 Å². The third-order valence-electron chi connectivity index (χ3n) is 5.72. The molecule has 0 aliphatic carbocycles. The van der Waals surface area contributed by atoms with Crippen molar-refractivity contribution in [2.75, 3.05) is 36.1 Å². The van der Waals surface area contributed by atoms with Gasteiger partial charge in [-0.05, 0) is 48.0 Å². The highest BCUT2D eigenvalue weighted by Gasteiger charge is 2.31. The van der Waals surface area contributed by atoms with E-state index < -0.39 is 5.91 Å². The SMILES string of the molecule is O=C1c2cc(-c3ccc(Cl)cc3)oc2N(O)C(=O)/C=C/c2ccccc2N2CCN1CC2. The quantitative estimate of drug-likeness (QED) is 0.560. The molecule has 0 radical (unpaired) electrons. The molecular formula is C24H20ClN3O4. The number of rotatable bonds is 1. The zero-order chi connectivity index (χ0) is 22.2. The number of carbonyl (C=O) groups excluding carboxylic acids is 2. The molecule has 7 nitrogen and oxygen atoms in total. The number of nitrogens with zero attached hydrogens (tertiary/aromatic N) is 3. The average Bonchev–Trinajstić information content (AvgIpc) is 3.27. The molecule has 2 bridgehead atoms. The monoisotopic (exact) mass is 449 g/mol. The number of carbonyl (C=O) groups is 2. The summed E-state index contributed by atoms with van der Waals surface area (Å²) in [5, 5.41) is 11.6. The number of fused-ring (bicyclic) bond motifs is 4. The Labute approximate surface area is 189 Å². The summed E-state index contributed by atoms with van der Waals surface area (Å²) < 4.78 is 5.82. The van der Waals surface area contributed by atoms with Crippen LogP contribution in [0.5, 0.6) is 0 Å². The molecule has 1 fully saturated rings. The van der Waals surface area contributed by atoms with Crippen molar-refractivity contribution in [3.8, 4) is 11.3 Å². The minimum absolute atomic E-state index is 0.129. The molecule has 32 heavy (non-hydrogen) atoms. The summed E-state index contributed by atoms with van der Waals surface area (Å²) >= 11 is 5.97. The van der Waals surface area contributed by atoms with Gasteiger partial charge in [-0.3, -0.25) is 14.8 Å². The van der Waals surface area contributed by atoms with E-state index in [1.165, 1.54) is 6.08 Å². The van der Waals surface area contributed by atoms with E-state index in [1.54, 1.807) is 41.3 Å². The molecule has 3 aromatic rings. The summed E-state index contributed by atoms with van der Waals surface area (Å²) in [6.07, 6.45) is 2.93. The van der Waals surface area contributed by atoms with Gasteiger partial charge < -0.3 is 14.2 Å². The molecule has 3 aliphatic rings. The third-order valence-corrected chi connectivity index (χ3v) is 5.97. The lowest BCUT2D eigenvalue weighted by Crippen LogP contribution is -2.49. The zero-order valence-corrected chi connectivity index (χ0v) is 17.8. The number of anilines is 2. The van der Waals surface area contributed by atoms with Crippen molar-refractivity contribution in [1.29, 1.82) is 0 Å². The Morgan fingerprint density at radius 1 is 0.875 bits per heavy atom. The molecule has 1 N–H and O–H groups in total. The summed E-state index contributed by atoms with van der Waals surface area (Å²) in [5.74, 6) is -0.870. The van der Waals surface area contributed by atoms with Crippen molar-refractivity contribution in [3.63, 3.8) is 0 Å². The lowest BCUT2D eigenvalue weighted by Gasteiger charge is -2.36. The van der Waals surface area contributed by atoms with Crippen LogP contribution in [0.4, 0.5) is 11.6 Å². The van der Waals surface area contributed by atoms with E-state index in [0.29, 0.717) is 47.6 Å². The first-order valence-corrected chi connectivity index (χ1v) is 10.6. The van der Waals surface area contributed by atoms with Gasteiger partial charge in [0.05, 0.1) is 0 Å². The van der Waals surface area contributed by atoms with Crippen LogP contribution in [0.3, 0.4) is 0 Å². The zero-order valence-electron chi connectivity index (χ0n) is 17.1. The molecule has 6 rings (SSSR count). The maximum atomic E-state index is 13.4. The molecule has 8 heteroatoms. The maximum Gasteiger partial charge on any atom is 0.277 e. The second-order valence-corrected chi connectivity index (χ2v) is 8.09. The molecule has 1 saturated heterocycles.